The summed E-state index contributed by atoms with van der Waals surface area (Å²) in [6.07, 6.45) is 0.464. The predicted molar refractivity (Wildman–Crippen MR) is 51.4 cm³/mol. The Morgan fingerprint density at radius 1 is 1.29 bits per heavy atom. The van der Waals surface area contributed by atoms with Crippen LogP contribution in [-0.2, 0) is 14.4 Å². The Hall–Kier alpha value is -1.39. The summed E-state index contributed by atoms with van der Waals surface area (Å²) in [5.41, 5.74) is 0. The third-order valence-electron chi connectivity index (χ3n) is 1.74. The van der Waals surface area contributed by atoms with Gasteiger partial charge in [0.2, 0.25) is 17.7 Å². The Morgan fingerprint density at radius 3 is 2.07 bits per heavy atom. The summed E-state index contributed by atoms with van der Waals surface area (Å²) < 4.78 is 0. The van der Waals surface area contributed by atoms with Gasteiger partial charge in [0.15, 0.2) is 0 Å². The van der Waals surface area contributed by atoms with Gasteiger partial charge in [-0.3, -0.25) is 19.3 Å². The second-order valence-corrected chi connectivity index (χ2v) is 2.55. The summed E-state index contributed by atoms with van der Waals surface area (Å²) in [6.45, 7) is 3.86. The molecule has 1 N–H and O–H groups in total. The highest BCUT2D eigenvalue weighted by Gasteiger charge is 2.29. The molecule has 80 valence electrons. The van der Waals surface area contributed by atoms with Crippen LogP contribution < -0.4 is 5.32 Å². The Bertz CT molecular complexity index is 222. The van der Waals surface area contributed by atoms with Gasteiger partial charge in [0.05, 0.1) is 0 Å². The van der Waals surface area contributed by atoms with Gasteiger partial charge in [-0.25, -0.2) is 0 Å². The number of likely N-dealkylation sites (N-methyl/N-ethyl adjacent to an activating group) is 1. The standard InChI is InChI=1S/C7H10N2O3.C2H6/c1-8-5(10)4-9-6(11)2-3-7(9)12;1-2/h2-4H2,1H3,(H,8,10);1-2H3. The van der Waals surface area contributed by atoms with Crippen LogP contribution in [-0.4, -0.2) is 36.2 Å². The molecule has 0 atom stereocenters. The monoisotopic (exact) mass is 200 g/mol. The minimum absolute atomic E-state index is 0.145. The summed E-state index contributed by atoms with van der Waals surface area (Å²) in [5.74, 6) is -0.842. The Labute approximate surface area is 83.5 Å². The predicted octanol–water partition coefficient (Wildman–Crippen LogP) is -0.0924. The van der Waals surface area contributed by atoms with E-state index >= 15 is 0 Å². The highest BCUT2D eigenvalue weighted by atomic mass is 16.2. The molecule has 5 heteroatoms. The largest absolute Gasteiger partial charge is 0.358 e. The zero-order chi connectivity index (χ0) is 11.1. The number of likely N-dealkylation sites (tertiary alicyclic amines) is 1. The van der Waals surface area contributed by atoms with Crippen molar-refractivity contribution in [3.63, 3.8) is 0 Å². The molecule has 0 aromatic heterocycles. The lowest BCUT2D eigenvalue weighted by Gasteiger charge is -2.11. The number of hydrogen-bond acceptors (Lipinski definition) is 3. The zero-order valence-electron chi connectivity index (χ0n) is 8.79. The summed E-state index contributed by atoms with van der Waals surface area (Å²) in [7, 11) is 1.47. The van der Waals surface area contributed by atoms with E-state index < -0.39 is 0 Å². The number of hydrogen-bond donors (Lipinski definition) is 1. The topological polar surface area (TPSA) is 66.5 Å². The third kappa shape index (κ3) is 3.16. The normalized spacial score (nSPS) is 14.9. The molecule has 0 spiro atoms. The highest BCUT2D eigenvalue weighted by Crippen LogP contribution is 2.10. The first-order valence-corrected chi connectivity index (χ1v) is 4.69. The molecule has 1 aliphatic heterocycles. The first kappa shape index (κ1) is 12.6. The number of carbonyl (C=O) groups excluding carboxylic acids is 3. The van der Waals surface area contributed by atoms with Crippen molar-refractivity contribution in [1.82, 2.24) is 10.2 Å². The van der Waals surface area contributed by atoms with Crippen molar-refractivity contribution in [2.75, 3.05) is 13.6 Å². The molecule has 0 aromatic carbocycles. The molecule has 14 heavy (non-hydrogen) atoms. The molecule has 3 amide bonds. The molecule has 1 rings (SSSR count). The molecule has 0 aliphatic carbocycles. The number of amides is 3. The highest BCUT2D eigenvalue weighted by molar-refractivity contribution is 6.04. The van der Waals surface area contributed by atoms with E-state index in [9.17, 15) is 14.4 Å². The third-order valence-corrected chi connectivity index (χ3v) is 1.74. The minimum atomic E-state index is -0.321. The fourth-order valence-corrected chi connectivity index (χ4v) is 1.02. The van der Waals surface area contributed by atoms with E-state index in [1.807, 2.05) is 13.8 Å². The minimum Gasteiger partial charge on any atom is -0.358 e. The van der Waals surface area contributed by atoms with Crippen molar-refractivity contribution in [3.8, 4) is 0 Å². The van der Waals surface area contributed by atoms with Crippen LogP contribution in [0.4, 0.5) is 0 Å². The van der Waals surface area contributed by atoms with E-state index in [4.69, 9.17) is 0 Å². The Balaban J connectivity index is 0.000000791. The van der Waals surface area contributed by atoms with Gasteiger partial charge < -0.3 is 5.32 Å². The van der Waals surface area contributed by atoms with Gasteiger partial charge in [0.1, 0.15) is 6.54 Å². The smallest absolute Gasteiger partial charge is 0.239 e. The summed E-state index contributed by atoms with van der Waals surface area (Å²) in [6, 6.07) is 0. The molecule has 1 aliphatic rings. The lowest BCUT2D eigenvalue weighted by Crippen LogP contribution is -2.38. The summed E-state index contributed by atoms with van der Waals surface area (Å²) in [4.78, 5) is 33.7. The molecular formula is C9H16N2O3. The molecule has 1 saturated heterocycles. The van der Waals surface area contributed by atoms with Gasteiger partial charge in [-0.05, 0) is 0 Å². The number of rotatable bonds is 2. The number of nitrogens with zero attached hydrogens (tertiary/aromatic N) is 1. The number of carbonyl (C=O) groups is 3. The molecule has 0 saturated carbocycles. The van der Waals surface area contributed by atoms with Gasteiger partial charge in [0.25, 0.3) is 0 Å². The number of imide groups is 1. The molecule has 0 radical (unpaired) electrons. The maximum absolute atomic E-state index is 11.0. The first-order chi connectivity index (χ1) is 6.65. The van der Waals surface area contributed by atoms with Crippen molar-refractivity contribution in [2.24, 2.45) is 0 Å². The van der Waals surface area contributed by atoms with Crippen LogP contribution in [0.2, 0.25) is 0 Å². The van der Waals surface area contributed by atoms with Crippen LogP contribution in [0.25, 0.3) is 0 Å². The Morgan fingerprint density at radius 2 is 1.71 bits per heavy atom. The average Bonchev–Trinajstić information content (AvgIpc) is 2.52. The van der Waals surface area contributed by atoms with E-state index in [0.29, 0.717) is 0 Å². The van der Waals surface area contributed by atoms with Crippen LogP contribution in [0.1, 0.15) is 26.7 Å². The quantitative estimate of drug-likeness (QED) is 0.633. The van der Waals surface area contributed by atoms with E-state index in [0.717, 1.165) is 4.90 Å². The van der Waals surface area contributed by atoms with Gasteiger partial charge in [-0.1, -0.05) is 13.8 Å². The van der Waals surface area contributed by atoms with Crippen LogP contribution in [0.3, 0.4) is 0 Å². The van der Waals surface area contributed by atoms with Crippen molar-refractivity contribution in [1.29, 1.82) is 0 Å². The van der Waals surface area contributed by atoms with Gasteiger partial charge in [0, 0.05) is 19.9 Å². The second-order valence-electron chi connectivity index (χ2n) is 2.55. The van der Waals surface area contributed by atoms with E-state index in [1.165, 1.54) is 7.05 Å². The van der Waals surface area contributed by atoms with Crippen LogP contribution in [0, 0.1) is 0 Å². The lowest BCUT2D eigenvalue weighted by atomic mass is 10.4. The van der Waals surface area contributed by atoms with Gasteiger partial charge in [-0.15, -0.1) is 0 Å². The Kier molecular flexibility index (Phi) is 5.52. The molecule has 0 bridgehead atoms. The average molecular weight is 200 g/mol. The lowest BCUT2D eigenvalue weighted by molar-refractivity contribution is -0.142. The van der Waals surface area contributed by atoms with Gasteiger partial charge >= 0.3 is 0 Å². The molecule has 0 aromatic rings. The first-order valence-electron chi connectivity index (χ1n) is 4.69. The van der Waals surface area contributed by atoms with E-state index in [1.54, 1.807) is 0 Å². The fraction of sp³-hybridized carbons (Fsp3) is 0.667. The molecule has 5 nitrogen and oxygen atoms in total. The summed E-state index contributed by atoms with van der Waals surface area (Å²) >= 11 is 0. The van der Waals surface area contributed by atoms with Crippen LogP contribution in [0.15, 0.2) is 0 Å². The van der Waals surface area contributed by atoms with Crippen molar-refractivity contribution >= 4 is 17.7 Å². The molecule has 0 unspecified atom stereocenters. The fourth-order valence-electron chi connectivity index (χ4n) is 1.02. The molecular weight excluding hydrogens is 184 g/mol. The number of nitrogens with one attached hydrogen (secondary N) is 1. The van der Waals surface area contributed by atoms with E-state index in [-0.39, 0.29) is 37.1 Å². The summed E-state index contributed by atoms with van der Waals surface area (Å²) in [5, 5.41) is 2.35. The van der Waals surface area contributed by atoms with Crippen molar-refractivity contribution < 1.29 is 14.4 Å². The van der Waals surface area contributed by atoms with Crippen molar-refractivity contribution in [3.05, 3.63) is 0 Å². The molecule has 1 heterocycles. The SMILES string of the molecule is CC.CNC(=O)CN1C(=O)CCC1=O. The maximum Gasteiger partial charge on any atom is 0.239 e. The van der Waals surface area contributed by atoms with Gasteiger partial charge in [-0.2, -0.15) is 0 Å². The van der Waals surface area contributed by atoms with Crippen molar-refractivity contribution in [2.45, 2.75) is 26.7 Å². The van der Waals surface area contributed by atoms with Crippen LogP contribution in [0.5, 0.6) is 0 Å². The second kappa shape index (κ2) is 6.12. The van der Waals surface area contributed by atoms with E-state index in [2.05, 4.69) is 5.32 Å². The van der Waals surface area contributed by atoms with Crippen LogP contribution >= 0.6 is 0 Å². The zero-order valence-corrected chi connectivity index (χ0v) is 8.79. The maximum atomic E-state index is 11.0. The molecule has 1 fully saturated rings.